The highest BCUT2D eigenvalue weighted by molar-refractivity contribution is 6.30. The van der Waals surface area contributed by atoms with Gasteiger partial charge in [-0.15, -0.1) is 0 Å². The fraction of sp³-hybridized carbons (Fsp3) is 0.400. The lowest BCUT2D eigenvalue weighted by Gasteiger charge is -2.06. The van der Waals surface area contributed by atoms with Crippen molar-refractivity contribution in [3.63, 3.8) is 0 Å². The average molecular weight is 198 g/mol. The molecule has 1 unspecified atom stereocenters. The zero-order chi connectivity index (χ0) is 9.26. The Kier molecular flexibility index (Phi) is 2.42. The van der Waals surface area contributed by atoms with Crippen LogP contribution in [0, 0.1) is 0 Å². The zero-order valence-corrected chi connectivity index (χ0v) is 8.05. The first kappa shape index (κ1) is 8.85. The summed E-state index contributed by atoms with van der Waals surface area (Å²) >= 11 is 5.86. The third kappa shape index (κ3) is 1.95. The highest BCUT2D eigenvalue weighted by Gasteiger charge is 2.14. The van der Waals surface area contributed by atoms with Crippen molar-refractivity contribution in [3.8, 4) is 5.75 Å². The molecule has 0 aromatic heterocycles. The number of hydrogen-bond donors (Lipinski definition) is 1. The van der Waals surface area contributed by atoms with Crippen molar-refractivity contribution in [2.75, 3.05) is 6.61 Å². The Hall–Kier alpha value is -0.730. The van der Waals surface area contributed by atoms with Crippen molar-refractivity contribution in [2.24, 2.45) is 5.73 Å². The summed E-state index contributed by atoms with van der Waals surface area (Å²) in [4.78, 5) is 0. The fourth-order valence-electron chi connectivity index (χ4n) is 1.54. The number of ether oxygens (including phenoxy) is 1. The molecule has 1 aliphatic rings. The van der Waals surface area contributed by atoms with Gasteiger partial charge in [0.1, 0.15) is 5.75 Å². The Bertz CT molecular complexity index is 314. The molecule has 0 amide bonds. The van der Waals surface area contributed by atoms with E-state index in [4.69, 9.17) is 22.1 Å². The van der Waals surface area contributed by atoms with Crippen molar-refractivity contribution in [1.82, 2.24) is 0 Å². The number of rotatable bonds is 0. The normalized spacial score (nSPS) is 21.5. The lowest BCUT2D eigenvalue weighted by Crippen LogP contribution is -2.22. The fourth-order valence-corrected chi connectivity index (χ4v) is 1.70. The Morgan fingerprint density at radius 3 is 3.15 bits per heavy atom. The van der Waals surface area contributed by atoms with E-state index in [1.54, 1.807) is 0 Å². The standard InChI is InChI=1S/C10H12ClNO/c11-8-2-1-7-5-9(12)3-4-13-10(7)6-8/h1-2,6,9H,3-5,12H2. The highest BCUT2D eigenvalue weighted by atomic mass is 35.5. The van der Waals surface area contributed by atoms with Crippen LogP contribution in [0.1, 0.15) is 12.0 Å². The average Bonchev–Trinajstić information content (AvgIpc) is 2.25. The lowest BCUT2D eigenvalue weighted by atomic mass is 10.1. The van der Waals surface area contributed by atoms with Gasteiger partial charge < -0.3 is 10.5 Å². The van der Waals surface area contributed by atoms with Crippen LogP contribution in [0.3, 0.4) is 0 Å². The van der Waals surface area contributed by atoms with Gasteiger partial charge in [0.2, 0.25) is 0 Å². The van der Waals surface area contributed by atoms with Gasteiger partial charge in [0.25, 0.3) is 0 Å². The molecule has 2 nitrogen and oxygen atoms in total. The molecule has 0 bridgehead atoms. The largest absolute Gasteiger partial charge is 0.493 e. The summed E-state index contributed by atoms with van der Waals surface area (Å²) in [7, 11) is 0. The van der Waals surface area contributed by atoms with Gasteiger partial charge in [-0.1, -0.05) is 17.7 Å². The molecule has 0 saturated heterocycles. The minimum absolute atomic E-state index is 0.211. The summed E-state index contributed by atoms with van der Waals surface area (Å²) in [5.41, 5.74) is 7.04. The number of halogens is 1. The second-order valence-electron chi connectivity index (χ2n) is 3.35. The van der Waals surface area contributed by atoms with Crippen LogP contribution in [0.25, 0.3) is 0 Å². The first-order chi connectivity index (χ1) is 6.25. The van der Waals surface area contributed by atoms with Crippen LogP contribution >= 0.6 is 11.6 Å². The maximum Gasteiger partial charge on any atom is 0.124 e. The molecule has 1 aromatic rings. The Morgan fingerprint density at radius 2 is 2.31 bits per heavy atom. The van der Waals surface area contributed by atoms with Gasteiger partial charge in [0, 0.05) is 11.1 Å². The van der Waals surface area contributed by atoms with Crippen molar-refractivity contribution in [3.05, 3.63) is 28.8 Å². The summed E-state index contributed by atoms with van der Waals surface area (Å²) in [6, 6.07) is 5.93. The SMILES string of the molecule is NC1CCOc2cc(Cl)ccc2C1. The maximum absolute atomic E-state index is 5.87. The molecule has 2 N–H and O–H groups in total. The third-order valence-corrected chi connectivity index (χ3v) is 2.49. The predicted molar refractivity (Wildman–Crippen MR) is 53.2 cm³/mol. The monoisotopic (exact) mass is 197 g/mol. The van der Waals surface area contributed by atoms with Crippen LogP contribution in [0.4, 0.5) is 0 Å². The minimum Gasteiger partial charge on any atom is -0.493 e. The van der Waals surface area contributed by atoms with E-state index in [0.717, 1.165) is 24.2 Å². The number of fused-ring (bicyclic) bond motifs is 1. The van der Waals surface area contributed by atoms with Crippen molar-refractivity contribution >= 4 is 11.6 Å². The lowest BCUT2D eigenvalue weighted by molar-refractivity contribution is 0.310. The third-order valence-electron chi connectivity index (χ3n) is 2.26. The molecule has 2 rings (SSSR count). The van der Waals surface area contributed by atoms with E-state index in [0.29, 0.717) is 11.6 Å². The van der Waals surface area contributed by atoms with Crippen LogP contribution in [-0.4, -0.2) is 12.6 Å². The summed E-state index contributed by atoms with van der Waals surface area (Å²) < 4.78 is 5.54. The van der Waals surface area contributed by atoms with Crippen LogP contribution < -0.4 is 10.5 Å². The Labute approximate surface area is 82.6 Å². The van der Waals surface area contributed by atoms with E-state index in [2.05, 4.69) is 0 Å². The van der Waals surface area contributed by atoms with E-state index in [1.165, 1.54) is 0 Å². The van der Waals surface area contributed by atoms with Gasteiger partial charge in [0.05, 0.1) is 6.61 Å². The summed E-state index contributed by atoms with van der Waals surface area (Å²) in [5.74, 6) is 0.889. The van der Waals surface area contributed by atoms with Crippen LogP contribution in [-0.2, 0) is 6.42 Å². The molecule has 1 heterocycles. The van der Waals surface area contributed by atoms with Crippen molar-refractivity contribution in [2.45, 2.75) is 18.9 Å². The summed E-state index contributed by atoms with van der Waals surface area (Å²) in [5, 5.41) is 0.717. The second-order valence-corrected chi connectivity index (χ2v) is 3.79. The summed E-state index contributed by atoms with van der Waals surface area (Å²) in [6.07, 6.45) is 1.79. The smallest absolute Gasteiger partial charge is 0.124 e. The molecule has 0 spiro atoms. The first-order valence-electron chi connectivity index (χ1n) is 4.42. The topological polar surface area (TPSA) is 35.2 Å². The maximum atomic E-state index is 5.87. The second kappa shape index (κ2) is 3.56. The van der Waals surface area contributed by atoms with E-state index >= 15 is 0 Å². The van der Waals surface area contributed by atoms with Gasteiger partial charge in [-0.3, -0.25) is 0 Å². The Balaban J connectivity index is 2.34. The molecule has 3 heteroatoms. The number of nitrogens with two attached hydrogens (primary N) is 1. The van der Waals surface area contributed by atoms with Gasteiger partial charge in [0.15, 0.2) is 0 Å². The molecule has 13 heavy (non-hydrogen) atoms. The number of hydrogen-bond acceptors (Lipinski definition) is 2. The summed E-state index contributed by atoms with van der Waals surface area (Å²) in [6.45, 7) is 0.689. The molecule has 0 fully saturated rings. The van der Waals surface area contributed by atoms with E-state index in [9.17, 15) is 0 Å². The zero-order valence-electron chi connectivity index (χ0n) is 7.29. The number of benzene rings is 1. The van der Waals surface area contributed by atoms with Crippen LogP contribution in [0.2, 0.25) is 5.02 Å². The molecule has 1 aromatic carbocycles. The van der Waals surface area contributed by atoms with E-state index < -0.39 is 0 Å². The quantitative estimate of drug-likeness (QED) is 0.691. The molecular formula is C10H12ClNO. The predicted octanol–water partition coefficient (Wildman–Crippen LogP) is 1.99. The molecule has 1 atom stereocenters. The molecule has 0 radical (unpaired) electrons. The van der Waals surface area contributed by atoms with Gasteiger partial charge in [-0.2, -0.15) is 0 Å². The highest BCUT2D eigenvalue weighted by Crippen LogP contribution is 2.26. The van der Waals surface area contributed by atoms with Gasteiger partial charge in [-0.05, 0) is 30.5 Å². The van der Waals surface area contributed by atoms with Crippen LogP contribution in [0.15, 0.2) is 18.2 Å². The molecule has 70 valence electrons. The van der Waals surface area contributed by atoms with Crippen molar-refractivity contribution < 1.29 is 4.74 Å². The molecule has 0 saturated carbocycles. The Morgan fingerprint density at radius 1 is 1.46 bits per heavy atom. The van der Waals surface area contributed by atoms with Crippen LogP contribution in [0.5, 0.6) is 5.75 Å². The minimum atomic E-state index is 0.211. The van der Waals surface area contributed by atoms with E-state index in [1.807, 2.05) is 18.2 Å². The molecule has 1 aliphatic heterocycles. The first-order valence-corrected chi connectivity index (χ1v) is 4.80. The molecular weight excluding hydrogens is 186 g/mol. The van der Waals surface area contributed by atoms with Crippen molar-refractivity contribution in [1.29, 1.82) is 0 Å². The van der Waals surface area contributed by atoms with Gasteiger partial charge in [-0.25, -0.2) is 0 Å². The molecule has 0 aliphatic carbocycles. The van der Waals surface area contributed by atoms with E-state index in [-0.39, 0.29) is 6.04 Å². The van der Waals surface area contributed by atoms with Gasteiger partial charge >= 0.3 is 0 Å².